The molecule has 0 aliphatic rings. The van der Waals surface area contributed by atoms with E-state index in [4.69, 9.17) is 4.74 Å². The highest BCUT2D eigenvalue weighted by molar-refractivity contribution is 7.22. The summed E-state index contributed by atoms with van der Waals surface area (Å²) in [5.74, 6) is -1.83. The van der Waals surface area contributed by atoms with Gasteiger partial charge in [-0.15, -0.1) is 0 Å². The van der Waals surface area contributed by atoms with Crippen molar-refractivity contribution >= 4 is 38.6 Å². The first-order valence-corrected chi connectivity index (χ1v) is 8.86. The van der Waals surface area contributed by atoms with E-state index in [-0.39, 0.29) is 13.0 Å². The number of amides is 1. The number of rotatable bonds is 6. The molecule has 6 heteroatoms. The van der Waals surface area contributed by atoms with Crippen LogP contribution in [0.2, 0.25) is 0 Å². The van der Waals surface area contributed by atoms with Crippen molar-refractivity contribution in [3.8, 4) is 0 Å². The third-order valence-electron chi connectivity index (χ3n) is 3.69. The van der Waals surface area contributed by atoms with Gasteiger partial charge in [0.05, 0.1) is 16.8 Å². The predicted octanol–water partition coefficient (Wildman–Crippen LogP) is 3.66. The number of esters is 1. The van der Waals surface area contributed by atoms with Crippen LogP contribution in [0, 0.1) is 5.92 Å². The number of para-hydroxylation sites is 1. The van der Waals surface area contributed by atoms with E-state index >= 15 is 0 Å². The summed E-state index contributed by atoms with van der Waals surface area (Å²) in [6.07, 6.45) is 0.288. The second-order valence-corrected chi connectivity index (χ2v) is 6.50. The standard InChI is InChI=1S/C19H18N2O3S/c1-2-24-18(23)14(12-13-8-4-3-5-9-13)17(22)21-19-20-15-10-6-7-11-16(15)25-19/h3-11,14H,2,12H2,1H3,(H,20,21,22)/t14-/m0/s1. The number of hydrogen-bond donors (Lipinski definition) is 1. The molecule has 0 aliphatic heterocycles. The van der Waals surface area contributed by atoms with Crippen molar-refractivity contribution in [1.29, 1.82) is 0 Å². The maximum absolute atomic E-state index is 12.7. The van der Waals surface area contributed by atoms with Crippen LogP contribution >= 0.6 is 11.3 Å². The molecule has 1 amide bonds. The van der Waals surface area contributed by atoms with Gasteiger partial charge in [0.1, 0.15) is 5.92 Å². The summed E-state index contributed by atoms with van der Waals surface area (Å²) in [4.78, 5) is 29.3. The SMILES string of the molecule is CCOC(=O)[C@@H](Cc1ccccc1)C(=O)Nc1nc2ccccc2s1. The van der Waals surface area contributed by atoms with Crippen molar-refractivity contribution in [3.05, 3.63) is 60.2 Å². The van der Waals surface area contributed by atoms with Gasteiger partial charge in [-0.2, -0.15) is 0 Å². The molecule has 0 fully saturated rings. The molecule has 1 aromatic heterocycles. The van der Waals surface area contributed by atoms with Crippen LogP contribution in [0.4, 0.5) is 5.13 Å². The average molecular weight is 354 g/mol. The Bertz CT molecular complexity index is 844. The Kier molecular flexibility index (Phi) is 5.40. The summed E-state index contributed by atoms with van der Waals surface area (Å²) in [5, 5.41) is 3.24. The van der Waals surface area contributed by atoms with Gasteiger partial charge in [-0.05, 0) is 31.0 Å². The number of hydrogen-bond acceptors (Lipinski definition) is 5. The van der Waals surface area contributed by atoms with E-state index in [9.17, 15) is 9.59 Å². The first-order chi connectivity index (χ1) is 12.2. The number of nitrogens with one attached hydrogen (secondary N) is 1. The van der Waals surface area contributed by atoms with Gasteiger partial charge >= 0.3 is 5.97 Å². The summed E-state index contributed by atoms with van der Waals surface area (Å²) in [6.45, 7) is 1.96. The van der Waals surface area contributed by atoms with Crippen molar-refractivity contribution in [2.75, 3.05) is 11.9 Å². The molecule has 0 radical (unpaired) electrons. The molecule has 1 heterocycles. The molecular formula is C19H18N2O3S. The molecule has 128 valence electrons. The van der Waals surface area contributed by atoms with Gasteiger partial charge < -0.3 is 10.1 Å². The maximum atomic E-state index is 12.7. The molecule has 3 aromatic rings. The molecule has 0 saturated heterocycles. The minimum atomic E-state index is -0.908. The number of anilines is 1. The lowest BCUT2D eigenvalue weighted by molar-refractivity contribution is -0.150. The Balaban J connectivity index is 1.79. The van der Waals surface area contributed by atoms with Crippen LogP contribution < -0.4 is 5.32 Å². The number of carbonyl (C=O) groups excluding carboxylic acids is 2. The summed E-state index contributed by atoms with van der Waals surface area (Å²) < 4.78 is 6.06. The molecule has 0 saturated carbocycles. The molecule has 0 aliphatic carbocycles. The third kappa shape index (κ3) is 4.22. The van der Waals surface area contributed by atoms with E-state index in [1.54, 1.807) is 6.92 Å². The van der Waals surface area contributed by atoms with Gasteiger partial charge in [0.25, 0.3) is 0 Å². The lowest BCUT2D eigenvalue weighted by Crippen LogP contribution is -2.33. The van der Waals surface area contributed by atoms with Crippen LogP contribution in [0.25, 0.3) is 10.2 Å². The smallest absolute Gasteiger partial charge is 0.318 e. The van der Waals surface area contributed by atoms with E-state index < -0.39 is 17.8 Å². The molecular weight excluding hydrogens is 336 g/mol. The van der Waals surface area contributed by atoms with Gasteiger partial charge in [-0.1, -0.05) is 53.8 Å². The summed E-state index contributed by atoms with van der Waals surface area (Å²) >= 11 is 1.38. The lowest BCUT2D eigenvalue weighted by Gasteiger charge is -2.14. The predicted molar refractivity (Wildman–Crippen MR) is 98.5 cm³/mol. The number of carbonyl (C=O) groups is 2. The fourth-order valence-electron chi connectivity index (χ4n) is 2.49. The van der Waals surface area contributed by atoms with Crippen molar-refractivity contribution in [1.82, 2.24) is 4.98 Å². The number of ether oxygens (including phenoxy) is 1. The van der Waals surface area contributed by atoms with Gasteiger partial charge in [-0.25, -0.2) is 4.98 Å². The van der Waals surface area contributed by atoms with Gasteiger partial charge in [0.2, 0.25) is 5.91 Å². The fourth-order valence-corrected chi connectivity index (χ4v) is 3.36. The van der Waals surface area contributed by atoms with Gasteiger partial charge in [0, 0.05) is 0 Å². The molecule has 0 bridgehead atoms. The van der Waals surface area contributed by atoms with Crippen molar-refractivity contribution in [2.24, 2.45) is 5.92 Å². The zero-order chi connectivity index (χ0) is 17.6. The molecule has 5 nitrogen and oxygen atoms in total. The van der Waals surface area contributed by atoms with E-state index in [1.165, 1.54) is 11.3 Å². The largest absolute Gasteiger partial charge is 0.465 e. The number of thiazole rings is 1. The summed E-state index contributed by atoms with van der Waals surface area (Å²) in [6, 6.07) is 17.1. The Labute approximate surface area is 149 Å². The van der Waals surface area contributed by atoms with Crippen molar-refractivity contribution in [3.63, 3.8) is 0 Å². The molecule has 1 atom stereocenters. The maximum Gasteiger partial charge on any atom is 0.318 e. The molecule has 25 heavy (non-hydrogen) atoms. The van der Waals surface area contributed by atoms with Crippen LogP contribution in [0.3, 0.4) is 0 Å². The molecule has 3 rings (SSSR count). The zero-order valence-corrected chi connectivity index (χ0v) is 14.6. The second-order valence-electron chi connectivity index (χ2n) is 5.47. The topological polar surface area (TPSA) is 68.3 Å². The highest BCUT2D eigenvalue weighted by Gasteiger charge is 2.29. The zero-order valence-electron chi connectivity index (χ0n) is 13.8. The second kappa shape index (κ2) is 7.90. The van der Waals surface area contributed by atoms with E-state index in [1.807, 2.05) is 54.6 Å². The van der Waals surface area contributed by atoms with Crippen LogP contribution in [-0.4, -0.2) is 23.5 Å². The van der Waals surface area contributed by atoms with Crippen LogP contribution in [0.15, 0.2) is 54.6 Å². The minimum absolute atomic E-state index is 0.235. The third-order valence-corrected chi connectivity index (χ3v) is 4.65. The summed E-state index contributed by atoms with van der Waals surface area (Å²) in [5.41, 5.74) is 1.72. The first kappa shape index (κ1) is 17.1. The number of aromatic nitrogens is 1. The lowest BCUT2D eigenvalue weighted by atomic mass is 9.98. The van der Waals surface area contributed by atoms with E-state index in [2.05, 4.69) is 10.3 Å². The summed E-state index contributed by atoms with van der Waals surface area (Å²) in [7, 11) is 0. The van der Waals surface area contributed by atoms with Crippen LogP contribution in [0.5, 0.6) is 0 Å². The monoisotopic (exact) mass is 354 g/mol. The average Bonchev–Trinajstić information content (AvgIpc) is 3.02. The Morgan fingerprint density at radius 1 is 1.12 bits per heavy atom. The molecule has 1 N–H and O–H groups in total. The normalized spacial score (nSPS) is 11.9. The minimum Gasteiger partial charge on any atom is -0.465 e. The van der Waals surface area contributed by atoms with Crippen LogP contribution in [-0.2, 0) is 20.7 Å². The Morgan fingerprint density at radius 2 is 1.84 bits per heavy atom. The highest BCUT2D eigenvalue weighted by atomic mass is 32.1. The van der Waals surface area contributed by atoms with Gasteiger partial charge in [-0.3, -0.25) is 9.59 Å². The Hall–Kier alpha value is -2.73. The van der Waals surface area contributed by atoms with Crippen LogP contribution in [0.1, 0.15) is 12.5 Å². The van der Waals surface area contributed by atoms with E-state index in [0.29, 0.717) is 5.13 Å². The molecule has 2 aromatic carbocycles. The fraction of sp³-hybridized carbons (Fsp3) is 0.211. The molecule has 0 unspecified atom stereocenters. The van der Waals surface area contributed by atoms with E-state index in [0.717, 1.165) is 15.8 Å². The first-order valence-electron chi connectivity index (χ1n) is 8.04. The quantitative estimate of drug-likeness (QED) is 0.542. The highest BCUT2D eigenvalue weighted by Crippen LogP contribution is 2.26. The number of fused-ring (bicyclic) bond motifs is 1. The number of benzene rings is 2. The van der Waals surface area contributed by atoms with Crippen molar-refractivity contribution < 1.29 is 14.3 Å². The van der Waals surface area contributed by atoms with Gasteiger partial charge in [0.15, 0.2) is 5.13 Å². The number of nitrogens with zero attached hydrogens (tertiary/aromatic N) is 1. The Morgan fingerprint density at radius 3 is 2.56 bits per heavy atom. The van der Waals surface area contributed by atoms with Crippen molar-refractivity contribution in [2.45, 2.75) is 13.3 Å². The molecule has 0 spiro atoms.